The van der Waals surface area contributed by atoms with Crippen LogP contribution in [0.25, 0.3) is 0 Å². The molecule has 0 N–H and O–H groups in total. The van der Waals surface area contributed by atoms with Crippen molar-refractivity contribution in [1.82, 2.24) is 0 Å². The van der Waals surface area contributed by atoms with Crippen LogP contribution in [-0.4, -0.2) is 53.3 Å². The fourth-order valence-electron chi connectivity index (χ4n) is 5.46. The summed E-state index contributed by atoms with van der Waals surface area (Å²) in [5, 5.41) is 5.14. The maximum Gasteiger partial charge on any atom is 0.187 e. The fourth-order valence-corrected chi connectivity index (χ4v) is 8.50. The van der Waals surface area contributed by atoms with Gasteiger partial charge in [0.2, 0.25) is 0 Å². The molecule has 2 heterocycles. The standard InChI is InChI=1S/C33H35F6N3S3/c34-24-17-23(18-25(35)19-24)29-21-30(42(40-29)33-31(38)27(36)20-28(37)32(33)39)22-5-7-26(8-6-22)41-9-1-11-43-13-3-15-45-16-4-14-44-12-2-10-41/h5-8,17-20,30H,1-4,9-16,21H2. The van der Waals surface area contributed by atoms with E-state index in [0.717, 1.165) is 71.8 Å². The summed E-state index contributed by atoms with van der Waals surface area (Å²) in [4.78, 5) is 2.35. The second-order valence-corrected chi connectivity index (χ2v) is 14.6. The minimum Gasteiger partial charge on any atom is -0.371 e. The Balaban J connectivity index is 1.40. The summed E-state index contributed by atoms with van der Waals surface area (Å²) >= 11 is 6.02. The molecular formula is C33H35F6N3S3. The maximum atomic E-state index is 15.0. The van der Waals surface area contributed by atoms with E-state index in [4.69, 9.17) is 0 Å². The van der Waals surface area contributed by atoms with Crippen LogP contribution in [0.1, 0.15) is 49.3 Å². The van der Waals surface area contributed by atoms with E-state index in [9.17, 15) is 17.6 Å². The summed E-state index contributed by atoms with van der Waals surface area (Å²) in [5.41, 5.74) is 0.777. The number of anilines is 2. The second-order valence-electron chi connectivity index (χ2n) is 10.9. The fraction of sp³-hybridized carbons (Fsp3) is 0.424. The minimum absolute atomic E-state index is 0.00405. The quantitative estimate of drug-likeness (QED) is 0.201. The number of nitrogens with zero attached hydrogens (tertiary/aromatic N) is 3. The van der Waals surface area contributed by atoms with Gasteiger partial charge >= 0.3 is 0 Å². The van der Waals surface area contributed by atoms with Crippen LogP contribution in [0.5, 0.6) is 0 Å². The average molecular weight is 684 g/mol. The molecule has 0 saturated carbocycles. The van der Waals surface area contributed by atoms with Crippen LogP contribution in [0.15, 0.2) is 53.6 Å². The summed E-state index contributed by atoms with van der Waals surface area (Å²) in [7, 11) is 0. The van der Waals surface area contributed by atoms with Crippen LogP contribution in [0.4, 0.5) is 37.7 Å². The molecule has 1 atom stereocenters. The van der Waals surface area contributed by atoms with Gasteiger partial charge in [0, 0.05) is 42.9 Å². The van der Waals surface area contributed by atoms with E-state index in [1.165, 1.54) is 24.3 Å². The van der Waals surface area contributed by atoms with Gasteiger partial charge in [-0.25, -0.2) is 26.3 Å². The molecule has 12 heteroatoms. The third kappa shape index (κ3) is 8.88. The molecular weight excluding hydrogens is 649 g/mol. The lowest BCUT2D eigenvalue weighted by Gasteiger charge is -2.27. The summed E-state index contributed by atoms with van der Waals surface area (Å²) in [6.45, 7) is 1.78. The van der Waals surface area contributed by atoms with Crippen molar-refractivity contribution < 1.29 is 26.3 Å². The number of hydrazone groups is 1. The molecule has 45 heavy (non-hydrogen) atoms. The van der Waals surface area contributed by atoms with E-state index in [1.807, 2.05) is 47.8 Å². The molecule has 0 amide bonds. The Labute approximate surface area is 273 Å². The average Bonchev–Trinajstić information content (AvgIpc) is 3.45. The van der Waals surface area contributed by atoms with E-state index >= 15 is 8.78 Å². The van der Waals surface area contributed by atoms with Crippen molar-refractivity contribution in [3.05, 3.63) is 94.6 Å². The molecule has 1 unspecified atom stereocenters. The monoisotopic (exact) mass is 683 g/mol. The Kier molecular flexibility index (Phi) is 12.4. The van der Waals surface area contributed by atoms with Crippen LogP contribution >= 0.6 is 35.3 Å². The van der Waals surface area contributed by atoms with Crippen molar-refractivity contribution in [2.24, 2.45) is 5.10 Å². The van der Waals surface area contributed by atoms with Gasteiger partial charge in [-0.05, 0) is 90.0 Å². The number of hydrogen-bond acceptors (Lipinski definition) is 6. The lowest BCUT2D eigenvalue weighted by atomic mass is 9.97. The minimum atomic E-state index is -1.60. The van der Waals surface area contributed by atoms with Gasteiger partial charge < -0.3 is 4.90 Å². The summed E-state index contributed by atoms with van der Waals surface area (Å²) in [5.74, 6) is -1.12. The summed E-state index contributed by atoms with van der Waals surface area (Å²) < 4.78 is 86.7. The van der Waals surface area contributed by atoms with Crippen LogP contribution in [0.3, 0.4) is 0 Å². The number of thioether (sulfide) groups is 3. The summed E-state index contributed by atoms with van der Waals surface area (Å²) in [6, 6.07) is 9.56. The highest BCUT2D eigenvalue weighted by molar-refractivity contribution is 8.00. The lowest BCUT2D eigenvalue weighted by molar-refractivity contribution is 0.448. The summed E-state index contributed by atoms with van der Waals surface area (Å²) in [6.07, 6.45) is 4.52. The largest absolute Gasteiger partial charge is 0.371 e. The molecule has 0 radical (unpaired) electrons. The molecule has 1 fully saturated rings. The van der Waals surface area contributed by atoms with Crippen molar-refractivity contribution in [1.29, 1.82) is 0 Å². The van der Waals surface area contributed by atoms with Gasteiger partial charge in [0.15, 0.2) is 23.3 Å². The number of benzene rings is 3. The molecule has 3 nitrogen and oxygen atoms in total. The third-order valence-corrected chi connectivity index (χ3v) is 11.1. The highest BCUT2D eigenvalue weighted by atomic mass is 32.2. The highest BCUT2D eigenvalue weighted by Crippen LogP contribution is 2.41. The van der Waals surface area contributed by atoms with Crippen LogP contribution in [-0.2, 0) is 0 Å². The maximum absolute atomic E-state index is 15.0. The molecule has 3 aromatic carbocycles. The lowest BCUT2D eigenvalue weighted by Crippen LogP contribution is -2.27. The molecule has 0 bridgehead atoms. The van der Waals surface area contributed by atoms with Gasteiger partial charge in [-0.1, -0.05) is 12.1 Å². The number of hydrogen-bond donors (Lipinski definition) is 0. The van der Waals surface area contributed by atoms with Crippen molar-refractivity contribution in [2.75, 3.05) is 57.5 Å². The predicted octanol–water partition coefficient (Wildman–Crippen LogP) is 9.46. The Hall–Kier alpha value is -2.44. The van der Waals surface area contributed by atoms with E-state index in [2.05, 4.69) is 21.8 Å². The topological polar surface area (TPSA) is 18.8 Å². The van der Waals surface area contributed by atoms with Gasteiger partial charge in [0.05, 0.1) is 11.8 Å². The van der Waals surface area contributed by atoms with E-state index < -0.39 is 46.6 Å². The molecule has 3 aromatic rings. The second kappa shape index (κ2) is 16.4. The van der Waals surface area contributed by atoms with Gasteiger partial charge in [-0.15, -0.1) is 0 Å². The predicted molar refractivity (Wildman–Crippen MR) is 178 cm³/mol. The van der Waals surface area contributed by atoms with Crippen LogP contribution in [0.2, 0.25) is 0 Å². The SMILES string of the molecule is Fc1cc(F)cc(C2=NN(c3c(F)c(F)cc(F)c3F)C(c3ccc(N4CCCSCCCSCCCSCCC4)cc3)C2)c1. The number of rotatable bonds is 4. The van der Waals surface area contributed by atoms with Gasteiger partial charge in [0.25, 0.3) is 0 Å². The Morgan fingerprint density at radius 1 is 0.622 bits per heavy atom. The van der Waals surface area contributed by atoms with Crippen molar-refractivity contribution in [3.63, 3.8) is 0 Å². The first-order valence-electron chi connectivity index (χ1n) is 15.1. The van der Waals surface area contributed by atoms with E-state index in [1.54, 1.807) is 0 Å². The zero-order valence-corrected chi connectivity index (χ0v) is 27.2. The Morgan fingerprint density at radius 3 is 1.67 bits per heavy atom. The number of halogens is 6. The first kappa shape index (κ1) is 33.9. The molecule has 5 rings (SSSR count). The molecule has 1 saturated heterocycles. The zero-order valence-electron chi connectivity index (χ0n) is 24.7. The molecule has 242 valence electrons. The molecule has 2 aliphatic rings. The van der Waals surface area contributed by atoms with Crippen LogP contribution < -0.4 is 9.91 Å². The Morgan fingerprint density at radius 2 is 1.13 bits per heavy atom. The smallest absolute Gasteiger partial charge is 0.187 e. The van der Waals surface area contributed by atoms with Crippen molar-refractivity contribution in [2.45, 2.75) is 38.1 Å². The molecule has 0 aliphatic carbocycles. The van der Waals surface area contributed by atoms with E-state index in [0.29, 0.717) is 11.6 Å². The van der Waals surface area contributed by atoms with Crippen LogP contribution in [0, 0.1) is 34.9 Å². The molecule has 0 spiro atoms. The van der Waals surface area contributed by atoms with Gasteiger partial charge in [-0.3, -0.25) is 5.01 Å². The normalized spacial score (nSPS) is 19.5. The zero-order chi connectivity index (χ0) is 31.8. The van der Waals surface area contributed by atoms with Gasteiger partial charge in [-0.2, -0.15) is 40.4 Å². The highest BCUT2D eigenvalue weighted by Gasteiger charge is 2.36. The Bertz CT molecular complexity index is 1410. The first-order chi connectivity index (χ1) is 21.8. The van der Waals surface area contributed by atoms with E-state index in [-0.39, 0.29) is 23.8 Å². The first-order valence-corrected chi connectivity index (χ1v) is 18.5. The molecule has 2 aliphatic heterocycles. The molecule has 0 aromatic heterocycles. The van der Waals surface area contributed by atoms with Crippen molar-refractivity contribution in [3.8, 4) is 0 Å². The third-order valence-electron chi connectivity index (χ3n) is 7.65. The van der Waals surface area contributed by atoms with Crippen molar-refractivity contribution >= 4 is 52.4 Å². The van der Waals surface area contributed by atoms with Gasteiger partial charge in [0.1, 0.15) is 17.3 Å².